The lowest BCUT2D eigenvalue weighted by Crippen LogP contribution is -2.31. The molecular weight excluding hydrogens is 278 g/mol. The minimum Gasteiger partial charge on any atom is -0.477 e. The molecule has 0 aromatic carbocycles. The van der Waals surface area contributed by atoms with Gasteiger partial charge in [-0.1, -0.05) is 0 Å². The van der Waals surface area contributed by atoms with E-state index in [-0.39, 0.29) is 22.9 Å². The third kappa shape index (κ3) is 2.89. The molecule has 6 nitrogen and oxygen atoms in total. The molecule has 0 aliphatic carbocycles. The molecule has 0 spiro atoms. The van der Waals surface area contributed by atoms with Crippen LogP contribution in [0.5, 0.6) is 0 Å². The van der Waals surface area contributed by atoms with Gasteiger partial charge in [0.2, 0.25) is 10.0 Å². The van der Waals surface area contributed by atoms with E-state index in [0.717, 1.165) is 15.6 Å². The molecule has 0 amide bonds. The lowest BCUT2D eigenvalue weighted by Gasteiger charge is -2.17. The summed E-state index contributed by atoms with van der Waals surface area (Å²) in [7, 11) is -0.920. The van der Waals surface area contributed by atoms with Crippen LogP contribution in [0.25, 0.3) is 0 Å². The van der Waals surface area contributed by atoms with Crippen LogP contribution in [0, 0.1) is 6.92 Å². The first-order chi connectivity index (χ1) is 8.32. The molecule has 8 heteroatoms. The number of aromatic carboxylic acids is 1. The van der Waals surface area contributed by atoms with Gasteiger partial charge in [-0.3, -0.25) is 0 Å². The quantitative estimate of drug-likeness (QED) is 0.846. The van der Waals surface area contributed by atoms with Gasteiger partial charge in [0.15, 0.2) is 0 Å². The maximum absolute atomic E-state index is 12.3. The number of nitrogens with zero attached hydrogens (tertiary/aromatic N) is 1. The number of hydrogen-bond acceptors (Lipinski definition) is 5. The maximum Gasteiger partial charge on any atom is 0.347 e. The Morgan fingerprint density at radius 3 is 2.67 bits per heavy atom. The molecule has 1 heterocycles. The normalized spacial score (nSPS) is 12.0. The summed E-state index contributed by atoms with van der Waals surface area (Å²) < 4.78 is 30.4. The van der Waals surface area contributed by atoms with Crippen molar-refractivity contribution in [2.45, 2.75) is 11.8 Å². The topological polar surface area (TPSA) is 83.9 Å². The Morgan fingerprint density at radius 2 is 2.17 bits per heavy atom. The molecule has 1 N–H and O–H groups in total. The minimum absolute atomic E-state index is 0.126. The summed E-state index contributed by atoms with van der Waals surface area (Å²) in [5.74, 6) is -1.23. The van der Waals surface area contributed by atoms with Crippen molar-refractivity contribution in [1.29, 1.82) is 0 Å². The lowest BCUT2D eigenvalue weighted by molar-refractivity contribution is 0.0698. The number of methoxy groups -OCH3 is 1. The lowest BCUT2D eigenvalue weighted by atomic mass is 10.3. The van der Waals surface area contributed by atoms with Gasteiger partial charge >= 0.3 is 5.97 Å². The number of aryl methyl sites for hydroxylation is 1. The third-order valence-electron chi connectivity index (χ3n) is 2.39. The van der Waals surface area contributed by atoms with Crippen LogP contribution in [-0.2, 0) is 14.8 Å². The number of hydrogen-bond donors (Lipinski definition) is 1. The first-order valence-corrected chi connectivity index (χ1v) is 7.41. The van der Waals surface area contributed by atoms with E-state index in [1.165, 1.54) is 19.5 Å². The molecule has 0 saturated heterocycles. The second-order valence-corrected chi connectivity index (χ2v) is 6.56. The number of carbonyl (C=O) groups is 1. The number of carboxylic acid groups (broad SMARTS) is 1. The SMILES string of the molecule is COCCN(C)S(=O)(=O)c1c(C)csc1C(=O)O. The number of ether oxygens (including phenoxy) is 1. The third-order valence-corrected chi connectivity index (χ3v) is 5.65. The van der Waals surface area contributed by atoms with Crippen LogP contribution >= 0.6 is 11.3 Å². The molecule has 102 valence electrons. The van der Waals surface area contributed by atoms with Gasteiger partial charge in [0, 0.05) is 20.7 Å². The highest BCUT2D eigenvalue weighted by Gasteiger charge is 2.29. The van der Waals surface area contributed by atoms with Crippen molar-refractivity contribution in [2.75, 3.05) is 27.3 Å². The highest BCUT2D eigenvalue weighted by molar-refractivity contribution is 7.89. The van der Waals surface area contributed by atoms with E-state index in [1.807, 2.05) is 0 Å². The van der Waals surface area contributed by atoms with E-state index in [0.29, 0.717) is 5.56 Å². The Bertz CT molecular complexity index is 534. The summed E-state index contributed by atoms with van der Waals surface area (Å²) in [4.78, 5) is 10.7. The fourth-order valence-corrected chi connectivity index (χ4v) is 4.13. The molecule has 0 fully saturated rings. The Morgan fingerprint density at radius 1 is 1.56 bits per heavy atom. The van der Waals surface area contributed by atoms with Gasteiger partial charge in [0.1, 0.15) is 9.77 Å². The van der Waals surface area contributed by atoms with Crippen LogP contribution < -0.4 is 0 Å². The standard InChI is InChI=1S/C10H15NO5S2/c1-7-6-17-8(10(12)13)9(7)18(14,15)11(2)4-5-16-3/h6H,4-5H2,1-3H3,(H,12,13). The predicted molar refractivity (Wildman–Crippen MR) is 67.7 cm³/mol. The van der Waals surface area contributed by atoms with Crippen LogP contribution in [-0.4, -0.2) is 51.1 Å². The van der Waals surface area contributed by atoms with Crippen LogP contribution in [0.3, 0.4) is 0 Å². The first kappa shape index (κ1) is 15.1. The fraction of sp³-hybridized carbons (Fsp3) is 0.500. The zero-order chi connectivity index (χ0) is 13.9. The van der Waals surface area contributed by atoms with Crippen molar-refractivity contribution in [2.24, 2.45) is 0 Å². The number of thiophene rings is 1. The van der Waals surface area contributed by atoms with Gasteiger partial charge < -0.3 is 9.84 Å². The molecule has 0 aliphatic rings. The van der Waals surface area contributed by atoms with E-state index in [1.54, 1.807) is 6.92 Å². The molecule has 0 saturated carbocycles. The van der Waals surface area contributed by atoms with E-state index in [2.05, 4.69) is 0 Å². The van der Waals surface area contributed by atoms with Gasteiger partial charge in [0.25, 0.3) is 0 Å². The molecule has 18 heavy (non-hydrogen) atoms. The van der Waals surface area contributed by atoms with Crippen LogP contribution in [0.1, 0.15) is 15.2 Å². The van der Waals surface area contributed by atoms with Crippen molar-refractivity contribution in [3.8, 4) is 0 Å². The Balaban J connectivity index is 3.20. The van der Waals surface area contributed by atoms with Crippen LogP contribution in [0.2, 0.25) is 0 Å². The molecule has 0 radical (unpaired) electrons. The Labute approximate surface area is 110 Å². The number of sulfonamides is 1. The van der Waals surface area contributed by atoms with Gasteiger partial charge in [-0.05, 0) is 17.9 Å². The molecule has 0 aliphatic heterocycles. The molecule has 1 rings (SSSR count). The van der Waals surface area contributed by atoms with Crippen molar-refractivity contribution in [1.82, 2.24) is 4.31 Å². The molecule has 0 atom stereocenters. The zero-order valence-corrected chi connectivity index (χ0v) is 12.0. The summed E-state index contributed by atoms with van der Waals surface area (Å²) in [5.41, 5.74) is 0.446. The van der Waals surface area contributed by atoms with Gasteiger partial charge in [0.05, 0.1) is 6.61 Å². The Hall–Kier alpha value is -0.960. The second kappa shape index (κ2) is 5.79. The summed E-state index contributed by atoms with van der Waals surface area (Å²) in [6, 6.07) is 0. The zero-order valence-electron chi connectivity index (χ0n) is 10.3. The van der Waals surface area contributed by atoms with Crippen molar-refractivity contribution < 1.29 is 23.1 Å². The van der Waals surface area contributed by atoms with Gasteiger partial charge in [-0.2, -0.15) is 4.31 Å². The summed E-state index contributed by atoms with van der Waals surface area (Å²) in [6.45, 7) is 2.01. The number of rotatable bonds is 6. The highest BCUT2D eigenvalue weighted by atomic mass is 32.2. The van der Waals surface area contributed by atoms with E-state index < -0.39 is 16.0 Å². The fourth-order valence-electron chi connectivity index (χ4n) is 1.40. The van der Waals surface area contributed by atoms with Gasteiger partial charge in [-0.25, -0.2) is 13.2 Å². The summed E-state index contributed by atoms with van der Waals surface area (Å²) >= 11 is 0.916. The molecule has 0 unspecified atom stereocenters. The molecular formula is C10H15NO5S2. The van der Waals surface area contributed by atoms with Crippen molar-refractivity contribution in [3.63, 3.8) is 0 Å². The largest absolute Gasteiger partial charge is 0.477 e. The van der Waals surface area contributed by atoms with Crippen molar-refractivity contribution in [3.05, 3.63) is 15.8 Å². The average molecular weight is 293 g/mol. The number of likely N-dealkylation sites (N-methyl/N-ethyl adjacent to an activating group) is 1. The van der Waals surface area contributed by atoms with E-state index >= 15 is 0 Å². The van der Waals surface area contributed by atoms with Crippen LogP contribution in [0.15, 0.2) is 10.3 Å². The Kier molecular flexibility index (Phi) is 4.85. The first-order valence-electron chi connectivity index (χ1n) is 5.09. The van der Waals surface area contributed by atoms with E-state index in [9.17, 15) is 13.2 Å². The number of carboxylic acids is 1. The molecule has 0 bridgehead atoms. The monoisotopic (exact) mass is 293 g/mol. The molecule has 1 aromatic rings. The maximum atomic E-state index is 12.3. The minimum atomic E-state index is -3.79. The summed E-state index contributed by atoms with van der Waals surface area (Å²) in [6.07, 6.45) is 0. The van der Waals surface area contributed by atoms with Gasteiger partial charge in [-0.15, -0.1) is 11.3 Å². The van der Waals surface area contributed by atoms with Crippen LogP contribution in [0.4, 0.5) is 0 Å². The van der Waals surface area contributed by atoms with E-state index in [4.69, 9.17) is 9.84 Å². The highest BCUT2D eigenvalue weighted by Crippen LogP contribution is 2.28. The summed E-state index contributed by atoms with van der Waals surface area (Å²) in [5, 5.41) is 10.5. The predicted octanol–water partition coefficient (Wildman–Crippen LogP) is 1.02. The van der Waals surface area contributed by atoms with Crippen molar-refractivity contribution >= 4 is 27.3 Å². The molecule has 1 aromatic heterocycles. The second-order valence-electron chi connectivity index (χ2n) is 3.70. The average Bonchev–Trinajstić information content (AvgIpc) is 2.68. The smallest absolute Gasteiger partial charge is 0.347 e.